The molecule has 2 amide bonds. The number of rotatable bonds is 3. The van der Waals surface area contributed by atoms with Crippen LogP contribution in [-0.4, -0.2) is 61.7 Å². The summed E-state index contributed by atoms with van der Waals surface area (Å²) in [6, 6.07) is 6.40. The first-order chi connectivity index (χ1) is 14.2. The molecule has 30 heavy (non-hydrogen) atoms. The highest BCUT2D eigenvalue weighted by atomic mass is 35.5. The molecule has 2 aliphatic rings. The minimum Gasteiger partial charge on any atom is -0.479 e. The number of sulfonamides is 1. The van der Waals surface area contributed by atoms with Crippen LogP contribution in [0, 0.1) is 6.92 Å². The van der Waals surface area contributed by atoms with Gasteiger partial charge in [-0.25, -0.2) is 8.42 Å². The van der Waals surface area contributed by atoms with Crippen molar-refractivity contribution in [1.29, 1.82) is 0 Å². The third kappa shape index (κ3) is 3.80. The number of carbonyl (C=O) groups is 2. The largest absolute Gasteiger partial charge is 0.479 e. The molecule has 2 aromatic rings. The van der Waals surface area contributed by atoms with Gasteiger partial charge in [0, 0.05) is 37.1 Å². The molecule has 1 aromatic heterocycles. The Hall–Kier alpha value is -2.14. The molecular weight excluding hydrogens is 450 g/mol. The van der Waals surface area contributed by atoms with Crippen molar-refractivity contribution in [3.05, 3.63) is 39.0 Å². The van der Waals surface area contributed by atoms with Gasteiger partial charge in [-0.1, -0.05) is 11.6 Å². The second-order valence-corrected chi connectivity index (χ2v) is 10.7. The minimum absolute atomic E-state index is 0.000213. The van der Waals surface area contributed by atoms with Gasteiger partial charge < -0.3 is 15.0 Å². The van der Waals surface area contributed by atoms with Crippen molar-refractivity contribution in [2.24, 2.45) is 0 Å². The summed E-state index contributed by atoms with van der Waals surface area (Å²) in [5, 5.41) is 2.64. The Kier molecular flexibility index (Phi) is 5.52. The molecule has 0 saturated carbocycles. The number of anilines is 1. The predicted octanol–water partition coefficient (Wildman–Crippen LogP) is 2.58. The fourth-order valence-corrected chi connectivity index (χ4v) is 6.16. The smallest absolute Gasteiger partial charge is 0.265 e. The average Bonchev–Trinajstić information content (AvgIpc) is 3.14. The van der Waals surface area contributed by atoms with Crippen LogP contribution in [0.4, 0.5) is 5.69 Å². The molecule has 2 aliphatic heterocycles. The van der Waals surface area contributed by atoms with E-state index in [0.29, 0.717) is 23.7 Å². The lowest BCUT2D eigenvalue weighted by molar-refractivity contribution is -0.122. The molecule has 0 unspecified atom stereocenters. The summed E-state index contributed by atoms with van der Waals surface area (Å²) in [5.74, 6) is -0.155. The number of benzene rings is 1. The van der Waals surface area contributed by atoms with Gasteiger partial charge in [0.15, 0.2) is 6.10 Å². The van der Waals surface area contributed by atoms with Crippen molar-refractivity contribution in [2.75, 3.05) is 31.5 Å². The van der Waals surface area contributed by atoms with E-state index in [9.17, 15) is 18.0 Å². The van der Waals surface area contributed by atoms with E-state index >= 15 is 0 Å². The summed E-state index contributed by atoms with van der Waals surface area (Å²) in [4.78, 5) is 27.6. The number of hydrogen-bond donors (Lipinski definition) is 1. The normalized spacial score (nSPS) is 19.8. The summed E-state index contributed by atoms with van der Waals surface area (Å²) in [6.07, 6.45) is -0.732. The number of aryl methyl sites for hydroxylation is 1. The number of nitrogens with one attached hydrogen (secondary N) is 1. The number of halogens is 1. The van der Waals surface area contributed by atoms with Crippen LogP contribution < -0.4 is 10.1 Å². The van der Waals surface area contributed by atoms with Crippen LogP contribution in [-0.2, 0) is 14.8 Å². The molecule has 11 heteroatoms. The first-order valence-corrected chi connectivity index (χ1v) is 12.0. The first kappa shape index (κ1) is 21.1. The topological polar surface area (TPSA) is 96.0 Å². The third-order valence-electron chi connectivity index (χ3n) is 5.06. The Labute approximate surface area is 183 Å². The van der Waals surface area contributed by atoms with Gasteiger partial charge in [0.1, 0.15) is 10.6 Å². The summed E-state index contributed by atoms with van der Waals surface area (Å²) in [5.41, 5.74) is 0.337. The van der Waals surface area contributed by atoms with Crippen LogP contribution in [0.5, 0.6) is 5.75 Å². The number of piperazine rings is 1. The Morgan fingerprint density at radius 2 is 1.93 bits per heavy atom. The molecule has 1 N–H and O–H groups in total. The van der Waals surface area contributed by atoms with Crippen molar-refractivity contribution >= 4 is 50.5 Å². The molecule has 0 spiro atoms. The zero-order chi connectivity index (χ0) is 21.6. The van der Waals surface area contributed by atoms with Crippen LogP contribution >= 0.6 is 22.9 Å². The van der Waals surface area contributed by atoms with Gasteiger partial charge in [0.25, 0.3) is 11.8 Å². The van der Waals surface area contributed by atoms with Gasteiger partial charge in [-0.2, -0.15) is 4.31 Å². The molecule has 4 rings (SSSR count). The maximum absolute atomic E-state index is 13.2. The molecule has 8 nitrogen and oxygen atoms in total. The van der Waals surface area contributed by atoms with Crippen molar-refractivity contribution in [3.63, 3.8) is 0 Å². The van der Waals surface area contributed by atoms with Gasteiger partial charge in [-0.3, -0.25) is 9.59 Å². The molecule has 0 bridgehead atoms. The fourth-order valence-electron chi connectivity index (χ4n) is 3.38. The van der Waals surface area contributed by atoms with E-state index in [1.165, 1.54) is 27.8 Å². The zero-order valence-corrected chi connectivity index (χ0v) is 18.7. The quantitative estimate of drug-likeness (QED) is 0.745. The maximum Gasteiger partial charge on any atom is 0.265 e. The molecular formula is C19H20ClN3O5S2. The highest BCUT2D eigenvalue weighted by Crippen LogP contribution is 2.38. The average molecular weight is 470 g/mol. The van der Waals surface area contributed by atoms with Crippen molar-refractivity contribution in [2.45, 2.75) is 24.8 Å². The number of amides is 2. The lowest BCUT2D eigenvalue weighted by Gasteiger charge is -2.34. The molecule has 1 aromatic carbocycles. The number of fused-ring (bicyclic) bond motifs is 1. The van der Waals surface area contributed by atoms with Gasteiger partial charge in [-0.05, 0) is 32.0 Å². The highest BCUT2D eigenvalue weighted by molar-refractivity contribution is 7.89. The van der Waals surface area contributed by atoms with E-state index in [0.717, 1.165) is 4.88 Å². The molecule has 0 radical (unpaired) electrons. The van der Waals surface area contributed by atoms with Gasteiger partial charge in [-0.15, -0.1) is 11.3 Å². The zero-order valence-electron chi connectivity index (χ0n) is 16.3. The highest BCUT2D eigenvalue weighted by Gasteiger charge is 2.34. The number of hydrogen-bond acceptors (Lipinski definition) is 6. The SMILES string of the molecule is Cc1ccc(C(=O)N2CCN(S(=O)(=O)c3cc4c(cc3Cl)NC(=O)[C@H](C)O4)CC2)s1. The molecule has 160 valence electrons. The van der Waals surface area contributed by atoms with Crippen LogP contribution in [0.3, 0.4) is 0 Å². The van der Waals surface area contributed by atoms with Crippen molar-refractivity contribution in [1.82, 2.24) is 9.21 Å². The van der Waals surface area contributed by atoms with Crippen LogP contribution in [0.15, 0.2) is 29.2 Å². The second-order valence-electron chi connectivity index (χ2n) is 7.13. The molecule has 1 saturated heterocycles. The Balaban J connectivity index is 1.52. The van der Waals surface area contributed by atoms with E-state index in [2.05, 4.69) is 5.32 Å². The van der Waals surface area contributed by atoms with Gasteiger partial charge >= 0.3 is 0 Å². The lowest BCUT2D eigenvalue weighted by atomic mass is 10.2. The standard InChI is InChI=1S/C19H20ClN3O5S2/c1-11-3-4-16(29-11)19(25)22-5-7-23(8-6-22)30(26,27)17-10-15-14(9-13(17)20)21-18(24)12(2)28-15/h3-4,9-10,12H,5-8H2,1-2H3,(H,21,24)/t12-/m0/s1. The van der Waals surface area contributed by atoms with E-state index in [-0.39, 0.29) is 40.6 Å². The van der Waals surface area contributed by atoms with E-state index < -0.39 is 16.1 Å². The summed E-state index contributed by atoms with van der Waals surface area (Å²) in [7, 11) is -3.89. The number of carbonyl (C=O) groups excluding carboxylic acids is 2. The summed E-state index contributed by atoms with van der Waals surface area (Å²) < 4.78 is 33.2. The van der Waals surface area contributed by atoms with E-state index in [4.69, 9.17) is 16.3 Å². The molecule has 1 atom stereocenters. The third-order valence-corrected chi connectivity index (χ3v) is 8.41. The predicted molar refractivity (Wildman–Crippen MR) is 114 cm³/mol. The Morgan fingerprint density at radius 3 is 2.57 bits per heavy atom. The van der Waals surface area contributed by atoms with Crippen LogP contribution in [0.1, 0.15) is 21.5 Å². The number of ether oxygens (including phenoxy) is 1. The number of thiophene rings is 1. The van der Waals surface area contributed by atoms with Gasteiger partial charge in [0.05, 0.1) is 15.6 Å². The van der Waals surface area contributed by atoms with E-state index in [1.807, 2.05) is 13.0 Å². The maximum atomic E-state index is 13.2. The second kappa shape index (κ2) is 7.84. The summed E-state index contributed by atoms with van der Waals surface area (Å²) >= 11 is 7.66. The van der Waals surface area contributed by atoms with Crippen molar-refractivity contribution < 1.29 is 22.7 Å². The van der Waals surface area contributed by atoms with E-state index in [1.54, 1.807) is 17.9 Å². The van der Waals surface area contributed by atoms with Crippen molar-refractivity contribution in [3.8, 4) is 5.75 Å². The Morgan fingerprint density at radius 1 is 1.23 bits per heavy atom. The number of nitrogens with zero attached hydrogens (tertiary/aromatic N) is 2. The minimum atomic E-state index is -3.89. The molecule has 0 aliphatic carbocycles. The first-order valence-electron chi connectivity index (χ1n) is 9.34. The molecule has 1 fully saturated rings. The summed E-state index contributed by atoms with van der Waals surface area (Å²) in [6.45, 7) is 4.43. The van der Waals surface area contributed by atoms with Crippen LogP contribution in [0.25, 0.3) is 0 Å². The van der Waals surface area contributed by atoms with Gasteiger partial charge in [0.2, 0.25) is 10.0 Å². The molecule has 3 heterocycles. The monoisotopic (exact) mass is 469 g/mol. The van der Waals surface area contributed by atoms with Crippen LogP contribution in [0.2, 0.25) is 5.02 Å². The Bertz CT molecular complexity index is 1120. The fraction of sp³-hybridized carbons (Fsp3) is 0.368. The lowest BCUT2D eigenvalue weighted by Crippen LogP contribution is -2.50.